The maximum atomic E-state index is 11.6. The molecule has 1 saturated carbocycles. The van der Waals surface area contributed by atoms with E-state index in [1.54, 1.807) is 14.0 Å². The summed E-state index contributed by atoms with van der Waals surface area (Å²) in [6, 6.07) is 0. The highest BCUT2D eigenvalue weighted by Gasteiger charge is 2.41. The van der Waals surface area contributed by atoms with Gasteiger partial charge in [-0.15, -0.1) is 0 Å². The van der Waals surface area contributed by atoms with Gasteiger partial charge in [0.2, 0.25) is 0 Å². The first-order chi connectivity index (χ1) is 12.3. The fourth-order valence-corrected chi connectivity index (χ4v) is 4.45. The van der Waals surface area contributed by atoms with Gasteiger partial charge in [-0.05, 0) is 55.6 Å². The lowest BCUT2D eigenvalue weighted by atomic mass is 9.62. The first-order valence-corrected chi connectivity index (χ1v) is 9.62. The third-order valence-corrected chi connectivity index (χ3v) is 5.85. The molecule has 2 aliphatic carbocycles. The third kappa shape index (κ3) is 4.96. The molecule has 0 saturated heterocycles. The van der Waals surface area contributed by atoms with Crippen LogP contribution in [-0.2, 0) is 19.0 Å². The Labute approximate surface area is 157 Å². The minimum absolute atomic E-state index is 0.104. The monoisotopic (exact) mass is 366 g/mol. The van der Waals surface area contributed by atoms with Crippen molar-refractivity contribution in [3.8, 4) is 0 Å². The average molecular weight is 366 g/mol. The molecular formula is C21H34O5. The van der Waals surface area contributed by atoms with Crippen LogP contribution in [0.5, 0.6) is 0 Å². The van der Waals surface area contributed by atoms with Crippen LogP contribution in [0.4, 0.5) is 0 Å². The molecule has 2 aliphatic rings. The van der Waals surface area contributed by atoms with Crippen molar-refractivity contribution in [3.05, 3.63) is 23.3 Å². The first-order valence-electron chi connectivity index (χ1n) is 9.62. The molecule has 0 spiro atoms. The SMILES string of the molecule is C=C(C)[C@@H](O)[C@@H](CC1=C2CCCC[C@@]2(C)CCC1OC(C)=O)OCOC. The highest BCUT2D eigenvalue weighted by molar-refractivity contribution is 5.66. The van der Waals surface area contributed by atoms with E-state index in [2.05, 4.69) is 13.5 Å². The van der Waals surface area contributed by atoms with Crippen molar-refractivity contribution in [3.63, 3.8) is 0 Å². The van der Waals surface area contributed by atoms with E-state index in [-0.39, 0.29) is 24.3 Å². The summed E-state index contributed by atoms with van der Waals surface area (Å²) in [5.74, 6) is -0.262. The molecule has 0 radical (unpaired) electrons. The normalized spacial score (nSPS) is 28.3. The quantitative estimate of drug-likeness (QED) is 0.401. The van der Waals surface area contributed by atoms with Crippen molar-refractivity contribution < 1.29 is 24.1 Å². The molecule has 0 aromatic carbocycles. The lowest BCUT2D eigenvalue weighted by molar-refractivity contribution is -0.146. The molecule has 0 heterocycles. The van der Waals surface area contributed by atoms with Gasteiger partial charge in [0, 0.05) is 20.5 Å². The molecule has 2 rings (SSSR count). The van der Waals surface area contributed by atoms with Crippen molar-refractivity contribution >= 4 is 5.97 Å². The van der Waals surface area contributed by atoms with Crippen LogP contribution in [0.15, 0.2) is 23.3 Å². The Morgan fingerprint density at radius 3 is 2.69 bits per heavy atom. The zero-order chi connectivity index (χ0) is 19.3. The van der Waals surface area contributed by atoms with Gasteiger partial charge in [-0.25, -0.2) is 0 Å². The van der Waals surface area contributed by atoms with Crippen LogP contribution >= 0.6 is 0 Å². The fraction of sp³-hybridized carbons (Fsp3) is 0.762. The lowest BCUT2D eigenvalue weighted by Crippen LogP contribution is -2.39. The number of fused-ring (bicyclic) bond motifs is 1. The second kappa shape index (κ2) is 9.16. The zero-order valence-electron chi connectivity index (χ0n) is 16.7. The minimum Gasteiger partial charge on any atom is -0.458 e. The predicted molar refractivity (Wildman–Crippen MR) is 101 cm³/mol. The van der Waals surface area contributed by atoms with Gasteiger partial charge >= 0.3 is 5.97 Å². The predicted octanol–water partition coefficient (Wildman–Crippen LogP) is 3.91. The number of methoxy groups -OCH3 is 1. The molecule has 0 aliphatic heterocycles. The Morgan fingerprint density at radius 2 is 2.08 bits per heavy atom. The van der Waals surface area contributed by atoms with E-state index >= 15 is 0 Å². The number of rotatable bonds is 8. The molecule has 26 heavy (non-hydrogen) atoms. The third-order valence-electron chi connectivity index (χ3n) is 5.85. The van der Waals surface area contributed by atoms with E-state index in [1.807, 2.05) is 0 Å². The Morgan fingerprint density at radius 1 is 1.35 bits per heavy atom. The highest BCUT2D eigenvalue weighted by atomic mass is 16.7. The molecule has 1 N–H and O–H groups in total. The van der Waals surface area contributed by atoms with E-state index in [9.17, 15) is 9.90 Å². The number of allylic oxidation sites excluding steroid dienone is 1. The van der Waals surface area contributed by atoms with Gasteiger partial charge in [-0.3, -0.25) is 4.79 Å². The van der Waals surface area contributed by atoms with E-state index in [0.717, 1.165) is 31.3 Å². The zero-order valence-corrected chi connectivity index (χ0v) is 16.7. The number of hydrogen-bond donors (Lipinski definition) is 1. The maximum Gasteiger partial charge on any atom is 0.303 e. The minimum atomic E-state index is -0.784. The fourth-order valence-electron chi connectivity index (χ4n) is 4.45. The van der Waals surface area contributed by atoms with E-state index < -0.39 is 12.2 Å². The number of esters is 1. The van der Waals surface area contributed by atoms with E-state index in [4.69, 9.17) is 14.2 Å². The van der Waals surface area contributed by atoms with Crippen LogP contribution in [0.3, 0.4) is 0 Å². The van der Waals surface area contributed by atoms with Gasteiger partial charge in [-0.1, -0.05) is 25.5 Å². The van der Waals surface area contributed by atoms with E-state index in [1.165, 1.54) is 25.3 Å². The van der Waals surface area contributed by atoms with Crippen molar-refractivity contribution in [1.82, 2.24) is 0 Å². The van der Waals surface area contributed by atoms with Gasteiger partial charge in [0.15, 0.2) is 0 Å². The summed E-state index contributed by atoms with van der Waals surface area (Å²) in [6.45, 7) is 9.55. The summed E-state index contributed by atoms with van der Waals surface area (Å²) in [6.07, 6.45) is 5.53. The number of ether oxygens (including phenoxy) is 3. The van der Waals surface area contributed by atoms with Crippen molar-refractivity contribution in [2.45, 2.75) is 84.0 Å². The molecule has 4 atom stereocenters. The molecule has 5 nitrogen and oxygen atoms in total. The summed E-state index contributed by atoms with van der Waals surface area (Å²) in [5.41, 5.74) is 3.36. The van der Waals surface area contributed by atoms with Gasteiger partial charge < -0.3 is 19.3 Å². The topological polar surface area (TPSA) is 65.0 Å². The number of carbonyl (C=O) groups excluding carboxylic acids is 1. The average Bonchev–Trinajstić information content (AvgIpc) is 2.59. The summed E-state index contributed by atoms with van der Waals surface area (Å²) in [5, 5.41) is 10.6. The Bertz CT molecular complexity index is 553. The van der Waals surface area contributed by atoms with Crippen LogP contribution in [0.25, 0.3) is 0 Å². The lowest BCUT2D eigenvalue weighted by Gasteiger charge is -2.45. The second-order valence-electron chi connectivity index (χ2n) is 8.02. The molecule has 1 fully saturated rings. The highest BCUT2D eigenvalue weighted by Crippen LogP contribution is 2.51. The molecule has 0 aromatic heterocycles. The summed E-state index contributed by atoms with van der Waals surface area (Å²) >= 11 is 0. The van der Waals surface area contributed by atoms with Crippen LogP contribution in [0.2, 0.25) is 0 Å². The molecule has 0 aromatic rings. The Kier molecular flexibility index (Phi) is 7.44. The van der Waals surface area contributed by atoms with Crippen molar-refractivity contribution in [2.75, 3.05) is 13.9 Å². The Balaban J connectivity index is 2.35. The molecule has 1 unspecified atom stereocenters. The van der Waals surface area contributed by atoms with Gasteiger partial charge in [-0.2, -0.15) is 0 Å². The van der Waals surface area contributed by atoms with Crippen molar-refractivity contribution in [2.24, 2.45) is 5.41 Å². The molecule has 0 bridgehead atoms. The second-order valence-corrected chi connectivity index (χ2v) is 8.02. The van der Waals surface area contributed by atoms with Crippen LogP contribution in [0, 0.1) is 5.41 Å². The van der Waals surface area contributed by atoms with E-state index in [0.29, 0.717) is 12.0 Å². The van der Waals surface area contributed by atoms with Gasteiger partial charge in [0.05, 0.1) is 6.10 Å². The standard InChI is InChI=1S/C21H34O5/c1-14(2)20(23)19(25-13-24-5)12-16-17-8-6-7-10-21(17,4)11-9-18(16)26-15(3)22/h18-20,23H,1,6-13H2,2-5H3/t18?,19-,20-,21+/m1/s1. The maximum absolute atomic E-state index is 11.6. The smallest absolute Gasteiger partial charge is 0.303 e. The number of hydrogen-bond acceptors (Lipinski definition) is 5. The summed E-state index contributed by atoms with van der Waals surface area (Å²) in [4.78, 5) is 11.6. The number of aliphatic hydroxyl groups excluding tert-OH is 1. The van der Waals surface area contributed by atoms with Crippen LogP contribution < -0.4 is 0 Å². The molecule has 148 valence electrons. The van der Waals surface area contributed by atoms with Crippen LogP contribution in [0.1, 0.15) is 65.7 Å². The molecule has 5 heteroatoms. The molecule has 0 amide bonds. The largest absolute Gasteiger partial charge is 0.458 e. The van der Waals surface area contributed by atoms with Crippen molar-refractivity contribution in [1.29, 1.82) is 0 Å². The molecular weight excluding hydrogens is 332 g/mol. The summed E-state index contributed by atoms with van der Waals surface area (Å²) < 4.78 is 16.5. The Hall–Kier alpha value is -1.17. The van der Waals surface area contributed by atoms with Gasteiger partial charge in [0.1, 0.15) is 19.0 Å². The van der Waals surface area contributed by atoms with Gasteiger partial charge in [0.25, 0.3) is 0 Å². The first kappa shape index (κ1) is 21.1. The number of carbonyl (C=O) groups is 1. The summed E-state index contributed by atoms with van der Waals surface area (Å²) in [7, 11) is 1.56. The van der Waals surface area contributed by atoms with Crippen LogP contribution in [-0.4, -0.2) is 43.3 Å². The number of aliphatic hydroxyl groups is 1.